The average molecular weight is 403 g/mol. The third-order valence-corrected chi connectivity index (χ3v) is 6.16. The van der Waals surface area contributed by atoms with Crippen LogP contribution in [0.4, 0.5) is 0 Å². The Hall–Kier alpha value is -1.31. The monoisotopic (exact) mass is 402 g/mol. The zero-order valence-corrected chi connectivity index (χ0v) is 19.8. The largest absolute Gasteiger partial charge is 0.494 e. The molecule has 0 bridgehead atoms. The van der Waals surface area contributed by atoms with E-state index in [0.29, 0.717) is 11.5 Å². The van der Waals surface area contributed by atoms with Gasteiger partial charge in [0.2, 0.25) is 0 Å². The lowest BCUT2D eigenvalue weighted by atomic mass is 9.91. The maximum Gasteiger partial charge on any atom is 0.150 e. The summed E-state index contributed by atoms with van der Waals surface area (Å²) in [4.78, 5) is 10.7. The van der Waals surface area contributed by atoms with Crippen LogP contribution in [0.5, 0.6) is 5.75 Å². The van der Waals surface area contributed by atoms with E-state index in [9.17, 15) is 4.79 Å². The molecule has 0 fully saturated rings. The number of hydrogen-bond donors (Lipinski definition) is 0. The molecule has 2 heteroatoms. The first-order valence-electron chi connectivity index (χ1n) is 12.1. The Labute approximate surface area is 180 Å². The van der Waals surface area contributed by atoms with E-state index in [4.69, 9.17) is 4.74 Å². The van der Waals surface area contributed by atoms with Crippen LogP contribution in [0.1, 0.15) is 109 Å². The van der Waals surface area contributed by atoms with Crippen molar-refractivity contribution in [3.8, 4) is 5.75 Å². The Balaban J connectivity index is 2.02. The summed E-state index contributed by atoms with van der Waals surface area (Å²) in [6.07, 6.45) is 14.3. The molecule has 0 saturated carbocycles. The van der Waals surface area contributed by atoms with E-state index in [-0.39, 0.29) is 0 Å². The fourth-order valence-electron chi connectivity index (χ4n) is 3.96. The van der Waals surface area contributed by atoms with Crippen molar-refractivity contribution in [1.82, 2.24) is 0 Å². The van der Waals surface area contributed by atoms with Crippen molar-refractivity contribution in [2.24, 2.45) is 23.7 Å². The van der Waals surface area contributed by atoms with Crippen molar-refractivity contribution in [3.05, 3.63) is 29.8 Å². The number of carbonyl (C=O) groups is 1. The van der Waals surface area contributed by atoms with Crippen LogP contribution in [0.3, 0.4) is 0 Å². The summed E-state index contributed by atoms with van der Waals surface area (Å²) in [6.45, 7) is 12.6. The van der Waals surface area contributed by atoms with Crippen molar-refractivity contribution in [3.63, 3.8) is 0 Å². The Morgan fingerprint density at radius 1 is 0.690 bits per heavy atom. The first-order valence-corrected chi connectivity index (χ1v) is 12.1. The Morgan fingerprint density at radius 3 is 1.59 bits per heavy atom. The number of ether oxygens (including phenoxy) is 1. The Bertz CT molecular complexity index is 520. The van der Waals surface area contributed by atoms with Gasteiger partial charge in [-0.1, -0.05) is 92.4 Å². The molecule has 0 amide bonds. The highest BCUT2D eigenvalue weighted by molar-refractivity contribution is 5.74. The molecule has 0 aromatic heterocycles. The number of carbonyl (C=O) groups excluding carboxylic acids is 1. The zero-order valence-electron chi connectivity index (χ0n) is 19.8. The second-order valence-electron chi connectivity index (χ2n) is 9.83. The van der Waals surface area contributed by atoms with Gasteiger partial charge in [-0.05, 0) is 54.4 Å². The van der Waals surface area contributed by atoms with E-state index < -0.39 is 0 Å². The van der Waals surface area contributed by atoms with Crippen LogP contribution < -0.4 is 4.74 Å². The standard InChI is InChI=1S/C27H46O2/c1-22(2)9-6-10-23(3)11-7-12-24(4)13-8-14-25(5)19-20-29-27-17-15-26(21-28)16-18-27/h15-18,21-25H,6-14,19-20H2,1-5H3/t23-,24-,25?/m1/s1. The zero-order chi connectivity index (χ0) is 21.5. The van der Waals surface area contributed by atoms with Crippen LogP contribution in [-0.2, 0) is 0 Å². The minimum atomic E-state index is 0.695. The molecule has 2 nitrogen and oxygen atoms in total. The second kappa shape index (κ2) is 15.5. The Morgan fingerprint density at radius 2 is 1.14 bits per heavy atom. The highest BCUT2D eigenvalue weighted by Gasteiger charge is 2.08. The molecule has 0 spiro atoms. The summed E-state index contributed by atoms with van der Waals surface area (Å²) in [5.41, 5.74) is 0.695. The van der Waals surface area contributed by atoms with Gasteiger partial charge in [0, 0.05) is 5.56 Å². The van der Waals surface area contributed by atoms with Gasteiger partial charge in [-0.25, -0.2) is 0 Å². The van der Waals surface area contributed by atoms with E-state index >= 15 is 0 Å². The molecule has 0 heterocycles. The quantitative estimate of drug-likeness (QED) is 0.245. The van der Waals surface area contributed by atoms with Crippen LogP contribution in [0.15, 0.2) is 24.3 Å². The van der Waals surface area contributed by atoms with Gasteiger partial charge in [0.15, 0.2) is 0 Å². The van der Waals surface area contributed by atoms with Gasteiger partial charge < -0.3 is 4.74 Å². The van der Waals surface area contributed by atoms with Crippen LogP contribution in [0.25, 0.3) is 0 Å². The third kappa shape index (κ3) is 13.5. The van der Waals surface area contributed by atoms with Crippen molar-refractivity contribution in [1.29, 1.82) is 0 Å². The maximum atomic E-state index is 10.7. The molecule has 29 heavy (non-hydrogen) atoms. The molecule has 0 aliphatic rings. The topological polar surface area (TPSA) is 26.3 Å². The van der Waals surface area contributed by atoms with Gasteiger partial charge >= 0.3 is 0 Å². The summed E-state index contributed by atoms with van der Waals surface area (Å²) in [6, 6.07) is 7.36. The minimum Gasteiger partial charge on any atom is -0.494 e. The lowest BCUT2D eigenvalue weighted by molar-refractivity contribution is 0.112. The normalized spacial score (nSPS) is 14.6. The first-order chi connectivity index (χ1) is 13.9. The predicted molar refractivity (Wildman–Crippen MR) is 126 cm³/mol. The molecule has 166 valence electrons. The molecular formula is C27H46O2. The molecule has 0 saturated heterocycles. The molecule has 0 aliphatic carbocycles. The van der Waals surface area contributed by atoms with E-state index in [2.05, 4.69) is 34.6 Å². The molecular weight excluding hydrogens is 356 g/mol. The number of benzene rings is 1. The van der Waals surface area contributed by atoms with E-state index in [1.807, 2.05) is 12.1 Å². The first kappa shape index (κ1) is 25.7. The average Bonchev–Trinajstić information content (AvgIpc) is 2.68. The van der Waals surface area contributed by atoms with E-state index in [1.165, 1.54) is 57.8 Å². The van der Waals surface area contributed by atoms with Crippen LogP contribution >= 0.6 is 0 Å². The number of aldehydes is 1. The minimum absolute atomic E-state index is 0.695. The second-order valence-corrected chi connectivity index (χ2v) is 9.83. The number of rotatable bonds is 17. The summed E-state index contributed by atoms with van der Waals surface area (Å²) in [5, 5.41) is 0. The Kier molecular flexibility index (Phi) is 13.8. The third-order valence-electron chi connectivity index (χ3n) is 6.16. The molecule has 1 aromatic rings. The van der Waals surface area contributed by atoms with Gasteiger partial charge in [-0.3, -0.25) is 4.79 Å². The van der Waals surface area contributed by atoms with Crippen LogP contribution in [-0.4, -0.2) is 12.9 Å². The molecule has 3 atom stereocenters. The molecule has 0 aliphatic heterocycles. The van der Waals surface area contributed by atoms with Crippen LogP contribution in [0, 0.1) is 23.7 Å². The lowest BCUT2D eigenvalue weighted by Gasteiger charge is -2.16. The summed E-state index contributed by atoms with van der Waals surface area (Å²) in [7, 11) is 0. The number of hydrogen-bond acceptors (Lipinski definition) is 2. The van der Waals surface area contributed by atoms with Gasteiger partial charge in [0.05, 0.1) is 6.61 Å². The highest BCUT2D eigenvalue weighted by Crippen LogP contribution is 2.23. The molecule has 1 rings (SSSR count). The highest BCUT2D eigenvalue weighted by atomic mass is 16.5. The van der Waals surface area contributed by atoms with E-state index in [0.717, 1.165) is 42.8 Å². The molecule has 1 aromatic carbocycles. The fourth-order valence-corrected chi connectivity index (χ4v) is 3.96. The SMILES string of the molecule is CC(C)CCC[C@@H](C)CCC[C@@H](C)CCCC(C)CCOc1ccc(C=O)cc1. The van der Waals surface area contributed by atoms with Crippen molar-refractivity contribution < 1.29 is 9.53 Å². The van der Waals surface area contributed by atoms with Gasteiger partial charge in [-0.2, -0.15) is 0 Å². The summed E-state index contributed by atoms with van der Waals surface area (Å²) >= 11 is 0. The van der Waals surface area contributed by atoms with Crippen molar-refractivity contribution >= 4 is 6.29 Å². The van der Waals surface area contributed by atoms with Gasteiger partial charge in [0.1, 0.15) is 12.0 Å². The smallest absolute Gasteiger partial charge is 0.150 e. The molecule has 1 unspecified atom stereocenters. The predicted octanol–water partition coefficient (Wildman–Crippen LogP) is 8.34. The summed E-state index contributed by atoms with van der Waals surface area (Å²) < 4.78 is 5.80. The van der Waals surface area contributed by atoms with Crippen molar-refractivity contribution in [2.45, 2.75) is 98.8 Å². The van der Waals surface area contributed by atoms with E-state index in [1.54, 1.807) is 12.1 Å². The maximum absolute atomic E-state index is 10.7. The molecule has 0 N–H and O–H groups in total. The van der Waals surface area contributed by atoms with Gasteiger partial charge in [0.25, 0.3) is 0 Å². The summed E-state index contributed by atoms with van der Waals surface area (Å²) in [5.74, 6) is 4.17. The van der Waals surface area contributed by atoms with Gasteiger partial charge in [-0.15, -0.1) is 0 Å². The van der Waals surface area contributed by atoms with Crippen LogP contribution in [0.2, 0.25) is 0 Å². The fraction of sp³-hybridized carbons (Fsp3) is 0.741. The lowest BCUT2D eigenvalue weighted by Crippen LogP contribution is -2.05. The van der Waals surface area contributed by atoms with Crippen molar-refractivity contribution in [2.75, 3.05) is 6.61 Å². The molecule has 0 radical (unpaired) electrons.